The highest BCUT2D eigenvalue weighted by Gasteiger charge is 2.16. The second-order valence-corrected chi connectivity index (χ2v) is 6.60. The lowest BCUT2D eigenvalue weighted by Crippen LogP contribution is -2.16. The van der Waals surface area contributed by atoms with Gasteiger partial charge < -0.3 is 9.29 Å². The summed E-state index contributed by atoms with van der Waals surface area (Å²) in [5.74, 6) is 0.562. The van der Waals surface area contributed by atoms with E-state index in [0.717, 1.165) is 43.6 Å². The summed E-state index contributed by atoms with van der Waals surface area (Å²) in [6.45, 7) is 7.66. The van der Waals surface area contributed by atoms with E-state index in [2.05, 4.69) is 19.2 Å². The number of hydrogen-bond donors (Lipinski definition) is 0. The number of allylic oxidation sites excluding steroid dienone is 4. The first-order valence-corrected chi connectivity index (χ1v) is 9.28. The van der Waals surface area contributed by atoms with E-state index < -0.39 is 11.1 Å². The van der Waals surface area contributed by atoms with Gasteiger partial charge in [-0.3, -0.25) is 4.21 Å². The monoisotopic (exact) mass is 343 g/mol. The van der Waals surface area contributed by atoms with Crippen LogP contribution in [-0.4, -0.2) is 22.0 Å². The first-order chi connectivity index (χ1) is 11.7. The molecule has 1 saturated heterocycles. The minimum atomic E-state index is -2.20. The van der Waals surface area contributed by atoms with Crippen LogP contribution < -0.4 is 0 Å². The highest BCUT2D eigenvalue weighted by atomic mass is 32.2. The van der Waals surface area contributed by atoms with E-state index in [9.17, 15) is 8.76 Å². The van der Waals surface area contributed by atoms with Crippen molar-refractivity contribution in [3.8, 4) is 0 Å². The van der Waals surface area contributed by atoms with E-state index in [0.29, 0.717) is 5.92 Å². The summed E-state index contributed by atoms with van der Waals surface area (Å²) in [5.41, 5.74) is 6.62. The predicted molar refractivity (Wildman–Crippen MR) is 97.2 cm³/mol. The van der Waals surface area contributed by atoms with Crippen molar-refractivity contribution >= 4 is 16.7 Å². The minimum absolute atomic E-state index is 0.283. The van der Waals surface area contributed by atoms with Crippen LogP contribution in [0.15, 0.2) is 65.3 Å². The van der Waals surface area contributed by atoms with E-state index in [-0.39, 0.29) is 4.90 Å². The van der Waals surface area contributed by atoms with E-state index in [1.807, 2.05) is 12.2 Å². The highest BCUT2D eigenvalue weighted by molar-refractivity contribution is 7.79. The van der Waals surface area contributed by atoms with Gasteiger partial charge >= 0.3 is 0 Å². The van der Waals surface area contributed by atoms with Crippen LogP contribution in [-0.2, 0) is 15.8 Å². The van der Waals surface area contributed by atoms with Crippen molar-refractivity contribution in [2.75, 3.05) is 13.2 Å². The molecule has 0 N–H and O–H groups in total. The molecule has 1 atom stereocenters. The van der Waals surface area contributed by atoms with Crippen molar-refractivity contribution in [2.24, 2.45) is 5.92 Å². The lowest BCUT2D eigenvalue weighted by Gasteiger charge is -2.22. The van der Waals surface area contributed by atoms with Crippen LogP contribution in [0, 0.1) is 5.92 Å². The molecule has 0 spiro atoms. The van der Waals surface area contributed by atoms with Crippen molar-refractivity contribution in [1.82, 2.24) is 0 Å². The van der Waals surface area contributed by atoms with Crippen LogP contribution in [0.4, 0.5) is 0 Å². The van der Waals surface area contributed by atoms with Crippen molar-refractivity contribution in [1.29, 1.82) is 0 Å². The first-order valence-electron chi connectivity index (χ1n) is 8.21. The molecule has 1 unspecified atom stereocenters. The first kappa shape index (κ1) is 18.6. The average molecular weight is 343 g/mol. The zero-order valence-corrected chi connectivity index (χ0v) is 14.8. The van der Waals surface area contributed by atoms with Gasteiger partial charge in [0.1, 0.15) is 0 Å². The van der Waals surface area contributed by atoms with Gasteiger partial charge in [-0.25, -0.2) is 0 Å². The van der Waals surface area contributed by atoms with E-state index in [1.54, 1.807) is 30.3 Å². The smallest absolute Gasteiger partial charge is 0.0471 e. The molecule has 1 aliphatic heterocycles. The number of hydrogen-bond acceptors (Lipinski definition) is 3. The Bertz CT molecular complexity index is 673. The van der Waals surface area contributed by atoms with Gasteiger partial charge in [-0.2, -0.15) is 0 Å². The summed E-state index contributed by atoms with van der Waals surface area (Å²) < 4.78 is 27.3. The predicted octanol–water partition coefficient (Wildman–Crippen LogP) is 4.41. The molecule has 1 aromatic rings. The Hall–Kier alpha value is -1.71. The third kappa shape index (κ3) is 5.15. The fraction of sp³-hybridized carbons (Fsp3) is 0.350. The highest BCUT2D eigenvalue weighted by Crippen LogP contribution is 2.25. The molecular formula is C20H23O3S-. The fourth-order valence-corrected chi connectivity index (χ4v) is 3.19. The third-order valence-corrected chi connectivity index (χ3v) is 4.88. The van der Waals surface area contributed by atoms with Gasteiger partial charge in [0.15, 0.2) is 0 Å². The van der Waals surface area contributed by atoms with Crippen molar-refractivity contribution in [3.05, 3.63) is 65.9 Å². The number of benzene rings is 1. The maximum absolute atomic E-state index is 10.9. The Labute approximate surface area is 146 Å². The Kier molecular flexibility index (Phi) is 7.41. The molecule has 0 radical (unpaired) electrons. The van der Waals surface area contributed by atoms with E-state index in [4.69, 9.17) is 4.74 Å². The number of rotatable bonds is 6. The zero-order chi connectivity index (χ0) is 17.4. The van der Waals surface area contributed by atoms with Gasteiger partial charge in [-0.05, 0) is 77.3 Å². The third-order valence-electron chi connectivity index (χ3n) is 4.23. The molecule has 4 heteroatoms. The van der Waals surface area contributed by atoms with Crippen molar-refractivity contribution in [2.45, 2.75) is 31.1 Å². The molecule has 0 aromatic heterocycles. The normalized spacial score (nSPS) is 17.0. The molecule has 0 bridgehead atoms. The molecule has 0 saturated carbocycles. The SMILES string of the molecule is C=C/C(=C\C=C=C(CC)C1CCOCC1)c1ccc(S(=O)[O-])cc1. The molecule has 1 aliphatic rings. The van der Waals surface area contributed by atoms with Gasteiger partial charge in [0.05, 0.1) is 0 Å². The summed E-state index contributed by atoms with van der Waals surface area (Å²) in [6.07, 6.45) is 8.78. The van der Waals surface area contributed by atoms with Gasteiger partial charge in [-0.15, -0.1) is 5.73 Å². The molecule has 128 valence electrons. The zero-order valence-electron chi connectivity index (χ0n) is 14.0. The topological polar surface area (TPSA) is 49.4 Å². The van der Waals surface area contributed by atoms with Gasteiger partial charge in [0, 0.05) is 18.1 Å². The van der Waals surface area contributed by atoms with Crippen LogP contribution >= 0.6 is 0 Å². The molecule has 2 rings (SSSR count). The summed E-state index contributed by atoms with van der Waals surface area (Å²) in [7, 11) is 0. The van der Waals surface area contributed by atoms with Gasteiger partial charge in [0.25, 0.3) is 0 Å². The molecule has 1 fully saturated rings. The molecule has 0 aliphatic carbocycles. The molecule has 24 heavy (non-hydrogen) atoms. The quantitative estimate of drug-likeness (QED) is 0.437. The lowest BCUT2D eigenvalue weighted by atomic mass is 9.90. The maximum Gasteiger partial charge on any atom is 0.0471 e. The Balaban J connectivity index is 2.20. The van der Waals surface area contributed by atoms with Crippen LogP contribution in [0.5, 0.6) is 0 Å². The number of ether oxygens (including phenoxy) is 1. The molecule has 1 heterocycles. The largest absolute Gasteiger partial charge is 0.768 e. The van der Waals surface area contributed by atoms with Crippen LogP contribution in [0.3, 0.4) is 0 Å². The van der Waals surface area contributed by atoms with Crippen LogP contribution in [0.25, 0.3) is 5.57 Å². The molecule has 3 nitrogen and oxygen atoms in total. The fourth-order valence-electron chi connectivity index (χ4n) is 2.83. The van der Waals surface area contributed by atoms with Crippen molar-refractivity contribution < 1.29 is 13.5 Å². The maximum atomic E-state index is 10.9. The van der Waals surface area contributed by atoms with E-state index >= 15 is 0 Å². The summed E-state index contributed by atoms with van der Waals surface area (Å²) in [5, 5.41) is 0. The lowest BCUT2D eigenvalue weighted by molar-refractivity contribution is 0.0751. The van der Waals surface area contributed by atoms with Gasteiger partial charge in [-0.1, -0.05) is 31.7 Å². The van der Waals surface area contributed by atoms with Gasteiger partial charge in [0.2, 0.25) is 0 Å². The van der Waals surface area contributed by atoms with Crippen molar-refractivity contribution in [3.63, 3.8) is 0 Å². The minimum Gasteiger partial charge on any atom is -0.768 e. The van der Waals surface area contributed by atoms with Crippen LogP contribution in [0.1, 0.15) is 31.7 Å². The Morgan fingerprint density at radius 3 is 2.58 bits per heavy atom. The standard InChI is InChI=1S/C20H24O3S/c1-3-16(18-8-10-20(11-9-18)24(21)22)6-5-7-17(4-2)19-12-14-23-15-13-19/h3,5-6,8-11,19H,1,4,12-15H2,2H3,(H,21,22)/p-1/b16-6+. The average Bonchev–Trinajstić information content (AvgIpc) is 2.63. The second-order valence-electron chi connectivity index (χ2n) is 5.66. The second kappa shape index (κ2) is 9.55. The summed E-state index contributed by atoms with van der Waals surface area (Å²) >= 11 is -2.20. The Morgan fingerprint density at radius 2 is 2.04 bits per heavy atom. The van der Waals surface area contributed by atoms with E-state index in [1.165, 1.54) is 5.57 Å². The summed E-state index contributed by atoms with van der Waals surface area (Å²) in [4.78, 5) is 0.283. The Morgan fingerprint density at radius 1 is 1.38 bits per heavy atom. The molecule has 1 aromatic carbocycles. The van der Waals surface area contributed by atoms with Crippen LogP contribution in [0.2, 0.25) is 0 Å². The molecule has 0 amide bonds. The molecular weight excluding hydrogens is 320 g/mol. The summed E-state index contributed by atoms with van der Waals surface area (Å²) in [6, 6.07) is 6.76.